The van der Waals surface area contributed by atoms with Crippen molar-refractivity contribution in [2.75, 3.05) is 13.1 Å². The van der Waals surface area contributed by atoms with Crippen molar-refractivity contribution >= 4 is 16.1 Å². The molecule has 156 valence electrons. The minimum Gasteiger partial charge on any atom is -0.334 e. The SMILES string of the molecule is Cc1ccccc1[C@H](C)NC(=O)NCc1ccccc1S(=O)(=O)N1CCCCC1. The summed E-state index contributed by atoms with van der Waals surface area (Å²) in [5.41, 5.74) is 2.76. The van der Waals surface area contributed by atoms with Crippen LogP contribution < -0.4 is 10.6 Å². The van der Waals surface area contributed by atoms with Gasteiger partial charge in [-0.2, -0.15) is 4.31 Å². The summed E-state index contributed by atoms with van der Waals surface area (Å²) in [6.07, 6.45) is 2.84. The Morgan fingerprint density at radius 1 is 1.03 bits per heavy atom. The van der Waals surface area contributed by atoms with Gasteiger partial charge in [-0.1, -0.05) is 48.9 Å². The zero-order valence-corrected chi connectivity index (χ0v) is 17.8. The lowest BCUT2D eigenvalue weighted by Crippen LogP contribution is -2.38. The second-order valence-corrected chi connectivity index (χ2v) is 9.38. The lowest BCUT2D eigenvalue weighted by Gasteiger charge is -2.27. The van der Waals surface area contributed by atoms with Crippen LogP contribution in [0.2, 0.25) is 0 Å². The molecule has 1 heterocycles. The molecule has 29 heavy (non-hydrogen) atoms. The van der Waals surface area contributed by atoms with E-state index in [1.165, 1.54) is 0 Å². The molecule has 1 aliphatic heterocycles. The second-order valence-electron chi connectivity index (χ2n) is 7.48. The van der Waals surface area contributed by atoms with E-state index in [0.29, 0.717) is 18.7 Å². The van der Waals surface area contributed by atoms with E-state index in [2.05, 4.69) is 10.6 Å². The topological polar surface area (TPSA) is 78.5 Å². The third-order valence-electron chi connectivity index (χ3n) is 5.35. The van der Waals surface area contributed by atoms with Crippen LogP contribution in [0.5, 0.6) is 0 Å². The molecule has 7 heteroatoms. The van der Waals surface area contributed by atoms with Gasteiger partial charge in [0.1, 0.15) is 0 Å². The Hall–Kier alpha value is -2.38. The summed E-state index contributed by atoms with van der Waals surface area (Å²) in [4.78, 5) is 12.7. The molecule has 1 saturated heterocycles. The highest BCUT2D eigenvalue weighted by molar-refractivity contribution is 7.89. The maximum atomic E-state index is 13.1. The molecule has 0 spiro atoms. The van der Waals surface area contributed by atoms with Gasteiger partial charge in [0.15, 0.2) is 0 Å². The zero-order chi connectivity index (χ0) is 20.9. The fourth-order valence-corrected chi connectivity index (χ4v) is 5.46. The van der Waals surface area contributed by atoms with Gasteiger partial charge in [0, 0.05) is 19.6 Å². The number of carbonyl (C=O) groups excluding carboxylic acids is 1. The molecule has 0 unspecified atom stereocenters. The van der Waals surface area contributed by atoms with Gasteiger partial charge >= 0.3 is 6.03 Å². The number of amides is 2. The standard InChI is InChI=1S/C22H29N3O3S/c1-17-10-4-6-12-20(17)18(2)24-22(26)23-16-19-11-5-7-13-21(19)29(27,28)25-14-8-3-9-15-25/h4-7,10-13,18H,3,8-9,14-16H2,1-2H3,(H2,23,24,26)/t18-/m0/s1. The second kappa shape index (κ2) is 9.41. The molecule has 2 N–H and O–H groups in total. The number of nitrogens with one attached hydrogen (secondary N) is 2. The highest BCUT2D eigenvalue weighted by Gasteiger charge is 2.27. The largest absolute Gasteiger partial charge is 0.334 e. The Morgan fingerprint density at radius 3 is 2.41 bits per heavy atom. The van der Waals surface area contributed by atoms with Gasteiger partial charge in [-0.05, 0) is 49.4 Å². The molecule has 1 atom stereocenters. The van der Waals surface area contributed by atoms with Crippen LogP contribution in [0, 0.1) is 6.92 Å². The average Bonchev–Trinajstić information content (AvgIpc) is 2.73. The van der Waals surface area contributed by atoms with Crippen molar-refractivity contribution in [3.8, 4) is 0 Å². The van der Waals surface area contributed by atoms with Crippen LogP contribution in [-0.4, -0.2) is 31.8 Å². The van der Waals surface area contributed by atoms with E-state index in [-0.39, 0.29) is 23.5 Å². The van der Waals surface area contributed by atoms with Crippen LogP contribution in [0.25, 0.3) is 0 Å². The Kier molecular flexibility index (Phi) is 6.92. The molecule has 3 rings (SSSR count). The van der Waals surface area contributed by atoms with Crippen molar-refractivity contribution in [2.24, 2.45) is 0 Å². The number of hydrogen-bond donors (Lipinski definition) is 2. The minimum atomic E-state index is -3.55. The fraction of sp³-hybridized carbons (Fsp3) is 0.409. The van der Waals surface area contributed by atoms with Gasteiger partial charge in [0.2, 0.25) is 10.0 Å². The summed E-state index contributed by atoms with van der Waals surface area (Å²) in [5, 5.41) is 5.72. The van der Waals surface area contributed by atoms with E-state index in [9.17, 15) is 13.2 Å². The molecule has 0 saturated carbocycles. The lowest BCUT2D eigenvalue weighted by atomic mass is 10.0. The Bertz CT molecular complexity index is 953. The molecule has 0 aliphatic carbocycles. The summed E-state index contributed by atoms with van der Waals surface area (Å²) in [5.74, 6) is 0. The van der Waals surface area contributed by atoms with Crippen molar-refractivity contribution in [3.63, 3.8) is 0 Å². The van der Waals surface area contributed by atoms with Gasteiger partial charge in [0.05, 0.1) is 10.9 Å². The lowest BCUT2D eigenvalue weighted by molar-refractivity contribution is 0.237. The highest BCUT2D eigenvalue weighted by Crippen LogP contribution is 2.23. The maximum Gasteiger partial charge on any atom is 0.315 e. The molecule has 0 aromatic heterocycles. The Morgan fingerprint density at radius 2 is 1.69 bits per heavy atom. The molecule has 6 nitrogen and oxygen atoms in total. The molecule has 1 fully saturated rings. The first-order valence-corrected chi connectivity index (χ1v) is 11.5. The fourth-order valence-electron chi connectivity index (χ4n) is 3.72. The number of urea groups is 1. The third-order valence-corrected chi connectivity index (χ3v) is 7.35. The molecule has 1 aliphatic rings. The van der Waals surface area contributed by atoms with E-state index in [4.69, 9.17) is 0 Å². The Labute approximate surface area is 173 Å². The predicted octanol–water partition coefficient (Wildman–Crippen LogP) is 3.73. The number of nitrogens with zero attached hydrogens (tertiary/aromatic N) is 1. The van der Waals surface area contributed by atoms with E-state index >= 15 is 0 Å². The van der Waals surface area contributed by atoms with Gasteiger partial charge in [-0.15, -0.1) is 0 Å². The van der Waals surface area contributed by atoms with Crippen LogP contribution >= 0.6 is 0 Å². The van der Waals surface area contributed by atoms with Crippen LogP contribution in [0.3, 0.4) is 0 Å². The highest BCUT2D eigenvalue weighted by atomic mass is 32.2. The smallest absolute Gasteiger partial charge is 0.315 e. The van der Waals surface area contributed by atoms with Crippen LogP contribution in [0.4, 0.5) is 4.79 Å². The first-order chi connectivity index (χ1) is 13.9. The zero-order valence-electron chi connectivity index (χ0n) is 17.0. The predicted molar refractivity (Wildman–Crippen MR) is 114 cm³/mol. The van der Waals surface area contributed by atoms with E-state index in [0.717, 1.165) is 30.4 Å². The molecule has 0 radical (unpaired) electrons. The van der Waals surface area contributed by atoms with Gasteiger partial charge in [-0.25, -0.2) is 13.2 Å². The van der Waals surface area contributed by atoms with Gasteiger partial charge in [0.25, 0.3) is 0 Å². The molecule has 2 aromatic rings. The first kappa shape index (κ1) is 21.3. The summed E-state index contributed by atoms with van der Waals surface area (Å²) in [7, 11) is -3.55. The summed E-state index contributed by atoms with van der Waals surface area (Å²) in [6, 6.07) is 14.3. The molecule has 0 bridgehead atoms. The number of benzene rings is 2. The molecular weight excluding hydrogens is 386 g/mol. The number of sulfonamides is 1. The number of carbonyl (C=O) groups is 1. The number of piperidine rings is 1. The molecular formula is C22H29N3O3S. The number of rotatable bonds is 6. The number of hydrogen-bond acceptors (Lipinski definition) is 3. The van der Waals surface area contributed by atoms with Gasteiger partial charge < -0.3 is 10.6 Å². The van der Waals surface area contributed by atoms with E-state index in [1.807, 2.05) is 38.1 Å². The number of aryl methyl sites for hydroxylation is 1. The van der Waals surface area contributed by atoms with Crippen molar-refractivity contribution in [1.82, 2.24) is 14.9 Å². The summed E-state index contributed by atoms with van der Waals surface area (Å²) in [6.45, 7) is 5.19. The quantitative estimate of drug-likeness (QED) is 0.755. The van der Waals surface area contributed by atoms with Crippen LogP contribution in [0.1, 0.15) is 48.9 Å². The van der Waals surface area contributed by atoms with Crippen molar-refractivity contribution in [1.29, 1.82) is 0 Å². The monoisotopic (exact) mass is 415 g/mol. The third kappa shape index (κ3) is 5.16. The average molecular weight is 416 g/mol. The van der Waals surface area contributed by atoms with Crippen molar-refractivity contribution in [3.05, 3.63) is 65.2 Å². The van der Waals surface area contributed by atoms with Crippen molar-refractivity contribution < 1.29 is 13.2 Å². The maximum absolute atomic E-state index is 13.1. The first-order valence-electron chi connectivity index (χ1n) is 10.1. The summed E-state index contributed by atoms with van der Waals surface area (Å²) >= 11 is 0. The normalized spacial score (nSPS) is 16.2. The molecule has 2 amide bonds. The minimum absolute atomic E-state index is 0.148. The summed E-state index contributed by atoms with van der Waals surface area (Å²) < 4.78 is 27.7. The van der Waals surface area contributed by atoms with Crippen molar-refractivity contribution in [2.45, 2.75) is 50.6 Å². The Balaban J connectivity index is 1.67. The van der Waals surface area contributed by atoms with E-state index in [1.54, 1.807) is 28.6 Å². The molecule has 2 aromatic carbocycles. The van der Waals surface area contributed by atoms with E-state index < -0.39 is 10.0 Å². The van der Waals surface area contributed by atoms with Gasteiger partial charge in [-0.3, -0.25) is 0 Å². The van der Waals surface area contributed by atoms with Crippen LogP contribution in [0.15, 0.2) is 53.4 Å². The van der Waals surface area contributed by atoms with Crippen LogP contribution in [-0.2, 0) is 16.6 Å².